The first-order chi connectivity index (χ1) is 10.1. The second-order valence-electron chi connectivity index (χ2n) is 5.04. The summed E-state index contributed by atoms with van der Waals surface area (Å²) in [6, 6.07) is 9.96. The zero-order valence-corrected chi connectivity index (χ0v) is 12.2. The average Bonchev–Trinajstić information content (AvgIpc) is 2.48. The molecule has 0 amide bonds. The monoisotopic (exact) mass is 305 g/mol. The molecular weight excluding hydrogens is 289 g/mol. The number of phenolic OH excluding ortho intramolecular Hbond substituents is 2. The van der Waals surface area contributed by atoms with Gasteiger partial charge in [-0.1, -0.05) is 12.1 Å². The molecule has 1 heterocycles. The predicted molar refractivity (Wildman–Crippen MR) is 81.3 cm³/mol. The number of benzene rings is 2. The van der Waals surface area contributed by atoms with E-state index in [0.29, 0.717) is 10.6 Å². The summed E-state index contributed by atoms with van der Waals surface area (Å²) >= 11 is 1.45. The van der Waals surface area contributed by atoms with E-state index in [1.807, 2.05) is 6.07 Å². The van der Waals surface area contributed by atoms with Crippen LogP contribution < -0.4 is 5.32 Å². The number of fused-ring (bicyclic) bond motifs is 1. The van der Waals surface area contributed by atoms with Crippen LogP contribution >= 0.6 is 11.8 Å². The first-order valence-electron chi connectivity index (χ1n) is 6.80. The number of hydrogen-bond acceptors (Lipinski definition) is 4. The molecule has 3 nitrogen and oxygen atoms in total. The number of hydrogen-bond donors (Lipinski definition) is 3. The number of thioether (sulfide) groups is 1. The number of halogens is 1. The summed E-state index contributed by atoms with van der Waals surface area (Å²) < 4.78 is 13.6. The van der Waals surface area contributed by atoms with Crippen molar-refractivity contribution in [3.63, 3.8) is 0 Å². The standard InChI is InChI=1S/C16H16FNO2S/c17-12-3-1-2-4-16(12)21-9-13-11-8-15(20)14(19)7-10(11)5-6-18-13/h1-4,7-8,13,18-20H,5-6,9H2. The molecule has 1 atom stereocenters. The van der Waals surface area contributed by atoms with Crippen molar-refractivity contribution in [3.05, 3.63) is 53.3 Å². The molecule has 1 unspecified atom stereocenters. The van der Waals surface area contributed by atoms with Gasteiger partial charge in [-0.3, -0.25) is 0 Å². The Hall–Kier alpha value is -1.72. The smallest absolute Gasteiger partial charge is 0.157 e. The van der Waals surface area contributed by atoms with Crippen LogP contribution in [-0.2, 0) is 6.42 Å². The molecule has 110 valence electrons. The van der Waals surface area contributed by atoms with E-state index in [4.69, 9.17) is 0 Å². The lowest BCUT2D eigenvalue weighted by atomic mass is 9.94. The van der Waals surface area contributed by atoms with Gasteiger partial charge in [0.05, 0.1) is 0 Å². The predicted octanol–water partition coefficient (Wildman–Crippen LogP) is 3.22. The average molecular weight is 305 g/mol. The third-order valence-corrected chi connectivity index (χ3v) is 4.78. The van der Waals surface area contributed by atoms with E-state index >= 15 is 0 Å². The molecule has 5 heteroatoms. The molecule has 3 N–H and O–H groups in total. The highest BCUT2D eigenvalue weighted by molar-refractivity contribution is 7.99. The van der Waals surface area contributed by atoms with E-state index in [0.717, 1.165) is 24.1 Å². The first-order valence-corrected chi connectivity index (χ1v) is 7.79. The zero-order chi connectivity index (χ0) is 14.8. The lowest BCUT2D eigenvalue weighted by Crippen LogP contribution is -2.31. The second kappa shape index (κ2) is 5.95. The van der Waals surface area contributed by atoms with Gasteiger partial charge >= 0.3 is 0 Å². The summed E-state index contributed by atoms with van der Waals surface area (Å²) in [6.07, 6.45) is 0.810. The highest BCUT2D eigenvalue weighted by Crippen LogP contribution is 2.36. The van der Waals surface area contributed by atoms with Crippen molar-refractivity contribution < 1.29 is 14.6 Å². The molecule has 0 fully saturated rings. The summed E-state index contributed by atoms with van der Waals surface area (Å²) in [5.74, 6) is 0.250. The normalized spacial score (nSPS) is 17.5. The van der Waals surface area contributed by atoms with Crippen LogP contribution in [0.15, 0.2) is 41.3 Å². The van der Waals surface area contributed by atoms with Crippen molar-refractivity contribution in [3.8, 4) is 11.5 Å². The number of rotatable bonds is 3. The maximum absolute atomic E-state index is 13.6. The minimum Gasteiger partial charge on any atom is -0.504 e. The van der Waals surface area contributed by atoms with E-state index in [-0.39, 0.29) is 23.4 Å². The molecule has 0 saturated carbocycles. The van der Waals surface area contributed by atoms with Crippen molar-refractivity contribution in [2.75, 3.05) is 12.3 Å². The maximum atomic E-state index is 13.6. The molecular formula is C16H16FNO2S. The van der Waals surface area contributed by atoms with Gasteiger partial charge < -0.3 is 15.5 Å². The van der Waals surface area contributed by atoms with Crippen LogP contribution in [0.5, 0.6) is 11.5 Å². The molecule has 0 aliphatic carbocycles. The first kappa shape index (κ1) is 14.2. The van der Waals surface area contributed by atoms with Crippen molar-refractivity contribution in [2.24, 2.45) is 0 Å². The fourth-order valence-electron chi connectivity index (χ4n) is 2.55. The molecule has 0 radical (unpaired) electrons. The summed E-state index contributed by atoms with van der Waals surface area (Å²) in [7, 11) is 0. The molecule has 1 aliphatic rings. The minimum absolute atomic E-state index is 0.0323. The van der Waals surface area contributed by atoms with Gasteiger partial charge in [0.2, 0.25) is 0 Å². The topological polar surface area (TPSA) is 52.5 Å². The van der Waals surface area contributed by atoms with E-state index in [1.54, 1.807) is 24.3 Å². The summed E-state index contributed by atoms with van der Waals surface area (Å²) in [4.78, 5) is 0.620. The van der Waals surface area contributed by atoms with Crippen LogP contribution in [0.25, 0.3) is 0 Å². The Morgan fingerprint density at radius 1 is 1.19 bits per heavy atom. The molecule has 3 rings (SSSR count). The van der Waals surface area contributed by atoms with Gasteiger partial charge in [0.25, 0.3) is 0 Å². The van der Waals surface area contributed by atoms with Crippen LogP contribution in [0.3, 0.4) is 0 Å². The van der Waals surface area contributed by atoms with Crippen molar-refractivity contribution in [2.45, 2.75) is 17.4 Å². The van der Waals surface area contributed by atoms with Gasteiger partial charge in [-0.25, -0.2) is 4.39 Å². The summed E-state index contributed by atoms with van der Waals surface area (Å²) in [5, 5.41) is 22.6. The fourth-order valence-corrected chi connectivity index (χ4v) is 3.58. The van der Waals surface area contributed by atoms with Crippen LogP contribution in [0.2, 0.25) is 0 Å². The second-order valence-corrected chi connectivity index (χ2v) is 6.10. The van der Waals surface area contributed by atoms with Gasteiger partial charge in [-0.05, 0) is 48.4 Å². The van der Waals surface area contributed by atoms with Gasteiger partial charge in [-0.15, -0.1) is 11.8 Å². The lowest BCUT2D eigenvalue weighted by molar-refractivity contribution is 0.399. The zero-order valence-electron chi connectivity index (χ0n) is 11.3. The number of aromatic hydroxyl groups is 2. The Balaban J connectivity index is 1.79. The van der Waals surface area contributed by atoms with Gasteiger partial charge in [0.1, 0.15) is 5.82 Å². The number of nitrogens with one attached hydrogen (secondary N) is 1. The van der Waals surface area contributed by atoms with E-state index in [2.05, 4.69) is 5.32 Å². The van der Waals surface area contributed by atoms with Crippen molar-refractivity contribution >= 4 is 11.8 Å². The Morgan fingerprint density at radius 2 is 1.95 bits per heavy atom. The summed E-state index contributed by atoms with van der Waals surface area (Å²) in [6.45, 7) is 0.805. The Kier molecular flexibility index (Phi) is 4.03. The highest BCUT2D eigenvalue weighted by Gasteiger charge is 2.22. The van der Waals surface area contributed by atoms with E-state index in [1.165, 1.54) is 17.8 Å². The summed E-state index contributed by atoms with van der Waals surface area (Å²) in [5.41, 5.74) is 2.00. The Morgan fingerprint density at radius 3 is 2.76 bits per heavy atom. The van der Waals surface area contributed by atoms with Crippen LogP contribution in [-0.4, -0.2) is 22.5 Å². The minimum atomic E-state index is -0.216. The molecule has 2 aromatic rings. The highest BCUT2D eigenvalue weighted by atomic mass is 32.2. The molecule has 2 aromatic carbocycles. The quantitative estimate of drug-likeness (QED) is 0.602. The molecule has 0 aromatic heterocycles. The molecule has 1 aliphatic heterocycles. The SMILES string of the molecule is Oc1cc2c(cc1O)C(CSc1ccccc1F)NCC2. The molecule has 0 spiro atoms. The Labute approximate surface area is 126 Å². The molecule has 0 bridgehead atoms. The molecule has 21 heavy (non-hydrogen) atoms. The third kappa shape index (κ3) is 2.99. The van der Waals surface area contributed by atoms with Gasteiger partial charge in [0.15, 0.2) is 11.5 Å². The Bertz CT molecular complexity index is 663. The van der Waals surface area contributed by atoms with E-state index < -0.39 is 0 Å². The largest absolute Gasteiger partial charge is 0.504 e. The van der Waals surface area contributed by atoms with Crippen LogP contribution in [0.1, 0.15) is 17.2 Å². The maximum Gasteiger partial charge on any atom is 0.157 e. The lowest BCUT2D eigenvalue weighted by Gasteiger charge is -2.27. The van der Waals surface area contributed by atoms with Crippen molar-refractivity contribution in [1.82, 2.24) is 5.32 Å². The van der Waals surface area contributed by atoms with E-state index in [9.17, 15) is 14.6 Å². The third-order valence-electron chi connectivity index (χ3n) is 3.64. The molecule has 0 saturated heterocycles. The van der Waals surface area contributed by atoms with Gasteiger partial charge in [-0.2, -0.15) is 0 Å². The number of phenols is 2. The van der Waals surface area contributed by atoms with Crippen LogP contribution in [0.4, 0.5) is 4.39 Å². The van der Waals surface area contributed by atoms with Crippen molar-refractivity contribution in [1.29, 1.82) is 0 Å². The van der Waals surface area contributed by atoms with Crippen LogP contribution in [0, 0.1) is 5.82 Å². The van der Waals surface area contributed by atoms with Gasteiger partial charge in [0, 0.05) is 16.7 Å². The fraction of sp³-hybridized carbons (Fsp3) is 0.250.